The molecule has 5 aromatic heterocycles. The summed E-state index contributed by atoms with van der Waals surface area (Å²) in [5, 5.41) is 0. The Morgan fingerprint density at radius 3 is 0.837 bits per heavy atom. The van der Waals surface area contributed by atoms with Crippen molar-refractivity contribution in [2.24, 2.45) is 41.2 Å². The van der Waals surface area contributed by atoms with Gasteiger partial charge in [0.05, 0.1) is 50.4 Å². The van der Waals surface area contributed by atoms with Crippen LogP contribution in [-0.4, -0.2) is 18.3 Å². The van der Waals surface area contributed by atoms with E-state index in [0.29, 0.717) is 40.7 Å². The minimum Gasteiger partial charge on any atom is -0.225 e. The molecule has 9 nitrogen and oxygen atoms in total. The van der Waals surface area contributed by atoms with E-state index in [2.05, 4.69) is 368 Å². The van der Waals surface area contributed by atoms with Gasteiger partial charge in [-0.2, -0.15) is 18.3 Å². The van der Waals surface area contributed by atoms with Crippen molar-refractivity contribution in [3.05, 3.63) is 386 Å². The van der Waals surface area contributed by atoms with Gasteiger partial charge in [0.1, 0.15) is 29.8 Å². The second kappa shape index (κ2) is 44.4. The van der Waals surface area contributed by atoms with Gasteiger partial charge >= 0.3 is 0 Å². The van der Waals surface area contributed by atoms with Gasteiger partial charge in [0.2, 0.25) is 5.69 Å². The van der Waals surface area contributed by atoms with Crippen LogP contribution in [0.3, 0.4) is 0 Å². The third-order valence-corrected chi connectivity index (χ3v) is 27.9. The van der Waals surface area contributed by atoms with Crippen LogP contribution >= 0.6 is 0 Å². The third-order valence-electron chi connectivity index (χ3n) is 27.9. The Bertz CT molecular complexity index is 7930. The maximum Gasteiger partial charge on any atom is 0.295 e. The van der Waals surface area contributed by atoms with Gasteiger partial charge in [0.25, 0.3) is 23.3 Å². The standard InChI is InChI=1S/2C30H37N2.2C27H31N2.C18H24N/c2*1-19(2)23-17-25(20(3)4)29(26(18-23)21(5)6)32-28-16-12-11-15-27(28)31(8)30(32)24-14-10-9-13-22(24)7;2*1-18(2)21-14-11-15-22(19(3)4)26(21)29-25-17-10-9-16-24(25)28(6)27(29)23-13-8-7-12-20(23)5;1-13(2)10-16-7-9-18(19(5)12-16)17-8-6-14(3)11-15(17)4/h2*9-21H,1-8H3;2*7-19H,1-6H3;6-9,11-13H,10H2,1-5H3/q5*+1/i19D,20D,21D;;18D,19D;;3D3,10D2. The monoisotopic (exact) mass is 1880 g/mol. The van der Waals surface area contributed by atoms with E-state index in [4.69, 9.17) is 13.7 Å². The number of imidazole rings is 4. The lowest BCUT2D eigenvalue weighted by atomic mass is 9.87. The Kier molecular flexibility index (Phi) is 28.5. The van der Waals surface area contributed by atoms with Gasteiger partial charge in [-0.05, 0) is 237 Å². The zero-order chi connectivity index (χ0) is 111. The lowest BCUT2D eigenvalue weighted by molar-refractivity contribution is -0.660. The van der Waals surface area contributed by atoms with Crippen LogP contribution in [-0.2, 0) is 41.6 Å². The van der Waals surface area contributed by atoms with Gasteiger partial charge in [-0.15, -0.1) is 0 Å². The van der Waals surface area contributed by atoms with Crippen molar-refractivity contribution in [1.29, 1.82) is 0 Å². The fourth-order valence-electron chi connectivity index (χ4n) is 20.4. The molecule has 0 spiro atoms. The molecule has 0 aliphatic heterocycles. The molecule has 728 valence electrons. The lowest BCUT2D eigenvalue weighted by Gasteiger charge is -2.21. The third kappa shape index (κ3) is 21.3. The molecule has 141 heavy (non-hydrogen) atoms. The van der Waals surface area contributed by atoms with E-state index >= 15 is 0 Å². The Morgan fingerprint density at radius 1 is 0.262 bits per heavy atom. The number of pyridine rings is 1. The zero-order valence-electron chi connectivity index (χ0n) is 100. The smallest absolute Gasteiger partial charge is 0.225 e. The second-order valence-electron chi connectivity index (χ2n) is 41.6. The summed E-state index contributed by atoms with van der Waals surface area (Å²) in [7, 11) is 10.5. The Morgan fingerprint density at radius 2 is 0.553 bits per heavy atom. The summed E-state index contributed by atoms with van der Waals surface area (Å²) in [5.74, 6) is 2.32. The van der Waals surface area contributed by atoms with E-state index in [1.165, 1.54) is 101 Å². The van der Waals surface area contributed by atoms with Gasteiger partial charge in [-0.1, -0.05) is 352 Å². The molecular formula is C132H160N9+5. The maximum absolute atomic E-state index is 9.16. The normalized spacial score (nSPS) is 13.3. The summed E-state index contributed by atoms with van der Waals surface area (Å²) in [4.78, 5) is 0. The summed E-state index contributed by atoms with van der Waals surface area (Å²) in [6.45, 7) is 54.3. The van der Waals surface area contributed by atoms with Crippen molar-refractivity contribution < 1.29 is 36.5 Å². The van der Waals surface area contributed by atoms with Crippen molar-refractivity contribution in [2.75, 3.05) is 0 Å². The molecule has 0 aliphatic rings. The predicted octanol–water partition coefficient (Wildman–Crippen LogP) is 32.9. The molecule has 0 N–H and O–H groups in total. The number of hydrogen-bond acceptors (Lipinski definition) is 0. The number of hydrogen-bond donors (Lipinski definition) is 0. The molecule has 0 atom stereocenters. The number of rotatable bonds is 21. The van der Waals surface area contributed by atoms with Crippen LogP contribution in [0.4, 0.5) is 0 Å². The Balaban J connectivity index is 0.000000149. The second-order valence-corrected chi connectivity index (χ2v) is 41.6. The van der Waals surface area contributed by atoms with Crippen molar-refractivity contribution in [1.82, 2.24) is 18.3 Å². The molecule has 5 heterocycles. The van der Waals surface area contributed by atoms with E-state index in [1.54, 1.807) is 12.1 Å². The quantitative estimate of drug-likeness (QED) is 0.0643. The molecule has 13 aromatic carbocycles. The number of para-hydroxylation sites is 10. The molecule has 0 fully saturated rings. The summed E-state index contributed by atoms with van der Waals surface area (Å²) in [6, 6.07) is 99.1. The van der Waals surface area contributed by atoms with Crippen molar-refractivity contribution in [2.45, 2.75) is 259 Å². The van der Waals surface area contributed by atoms with Gasteiger partial charge in [0.15, 0.2) is 50.3 Å². The summed E-state index contributed by atoms with van der Waals surface area (Å²) in [6.07, 6.45) is 0.420. The minimum atomic E-state index is -2.11. The highest BCUT2D eigenvalue weighted by molar-refractivity contribution is 5.86. The van der Waals surface area contributed by atoms with E-state index in [0.717, 1.165) is 106 Å². The first-order chi connectivity index (χ1) is 70.7. The SMILES string of the molecule is Cc1ccccc1-c1n(-c2c(C(C)C)cc(C(C)C)cc2C(C)C)c2ccccc2[n+]1C.Cc1ccccc1-c1n(-c2c(C(C)C)cccc2C(C)C)c2ccccc2[n+]1C.[2H]C(C)(C)c1cc(C([2H])(C)C)c(-n2c(-c3ccccc3C)[n+](C)c3ccccc32)c(C([2H])(C)C)c1.[2H]C(C)(C)c1cccc(C([2H])(C)C)c1-n1c(-c2ccccc2C)[n+](C)c2ccccc21.[2H]C([2H])([2H])c1ccc(-c2ccc(C([2H])([2H])C(C)C)c[n+]2C)c(C)c1. The highest BCUT2D eigenvalue weighted by atomic mass is 15.2. The minimum absolute atomic E-state index is 0.122. The Labute approximate surface area is 859 Å². The van der Waals surface area contributed by atoms with Gasteiger partial charge in [0, 0.05) is 75.4 Å². The van der Waals surface area contributed by atoms with Crippen LogP contribution in [0.1, 0.15) is 320 Å². The average molecular weight is 1880 g/mol. The molecule has 0 radical (unpaired) electrons. The lowest BCUT2D eigenvalue weighted by Crippen LogP contribution is -2.31. The average Bonchev–Trinajstić information content (AvgIpc) is 1.59. The molecule has 0 aliphatic carbocycles. The van der Waals surface area contributed by atoms with Crippen LogP contribution in [0.2, 0.25) is 0 Å². The Hall–Kier alpha value is -13.1. The number of aromatic nitrogens is 9. The zero-order valence-corrected chi connectivity index (χ0v) is 90.2. The summed E-state index contributed by atoms with van der Waals surface area (Å²) < 4.78 is 104. The molecule has 0 saturated heterocycles. The molecule has 0 unspecified atom stereocenters. The van der Waals surface area contributed by atoms with Crippen molar-refractivity contribution in [3.8, 4) is 79.6 Å². The fraction of sp³-hybridized carbons (Fsp3) is 0.341. The molecule has 0 bridgehead atoms. The van der Waals surface area contributed by atoms with Crippen LogP contribution in [0, 0.1) is 47.4 Å². The van der Waals surface area contributed by atoms with Crippen molar-refractivity contribution in [3.63, 3.8) is 0 Å². The molecule has 0 saturated carbocycles. The number of benzene rings is 13. The molecular weight excluding hydrogens is 1710 g/mol. The molecule has 18 aromatic rings. The predicted molar refractivity (Wildman–Crippen MR) is 600 cm³/mol. The highest BCUT2D eigenvalue weighted by Crippen LogP contribution is 2.45. The molecule has 9 heteroatoms. The topological polar surface area (TPSA) is 39.1 Å². The van der Waals surface area contributed by atoms with E-state index < -0.39 is 42.7 Å². The van der Waals surface area contributed by atoms with Gasteiger partial charge < -0.3 is 0 Å². The van der Waals surface area contributed by atoms with Crippen LogP contribution in [0.15, 0.2) is 291 Å². The highest BCUT2D eigenvalue weighted by Gasteiger charge is 2.38. The van der Waals surface area contributed by atoms with Crippen molar-refractivity contribution >= 4 is 44.1 Å². The molecule has 18 rings (SSSR count). The first-order valence-corrected chi connectivity index (χ1v) is 50.7. The van der Waals surface area contributed by atoms with Gasteiger partial charge in [-0.25, -0.2) is 22.8 Å². The van der Waals surface area contributed by atoms with E-state index in [1.807, 2.05) is 175 Å². The number of nitrogens with zero attached hydrogens (tertiary/aromatic N) is 9. The maximum atomic E-state index is 9.16. The van der Waals surface area contributed by atoms with E-state index in [-0.39, 0.29) is 5.92 Å². The largest absolute Gasteiger partial charge is 0.295 e. The number of aryl methyl sites for hydroxylation is 11. The number of fused-ring (bicyclic) bond motifs is 4. The molecule has 0 amide bonds. The van der Waals surface area contributed by atoms with Crippen LogP contribution in [0.5, 0.6) is 0 Å². The van der Waals surface area contributed by atoms with E-state index in [9.17, 15) is 0 Å². The fourth-order valence-corrected chi connectivity index (χ4v) is 20.4. The summed E-state index contributed by atoms with van der Waals surface area (Å²) >= 11 is 0. The first-order valence-electron chi connectivity index (χ1n) is 55.7. The first kappa shape index (κ1) is 90.4. The van der Waals surface area contributed by atoms with Gasteiger partial charge in [-0.3, -0.25) is 0 Å². The summed E-state index contributed by atoms with van der Waals surface area (Å²) in [5.41, 5.74) is 38.7. The van der Waals surface area contributed by atoms with Crippen LogP contribution < -0.4 is 22.8 Å². The van der Waals surface area contributed by atoms with Crippen LogP contribution in [0.25, 0.3) is 124 Å².